The van der Waals surface area contributed by atoms with Crippen molar-refractivity contribution in [2.75, 3.05) is 7.11 Å². The summed E-state index contributed by atoms with van der Waals surface area (Å²) in [4.78, 5) is 10.5. The van der Waals surface area contributed by atoms with Gasteiger partial charge < -0.3 is 9.47 Å². The van der Waals surface area contributed by atoms with Gasteiger partial charge in [0.2, 0.25) is 6.29 Å². The highest BCUT2D eigenvalue weighted by molar-refractivity contribution is 5.89. The van der Waals surface area contributed by atoms with Crippen molar-refractivity contribution >= 4 is 5.97 Å². The maximum atomic E-state index is 10.5. The van der Waals surface area contributed by atoms with Gasteiger partial charge in [-0.15, -0.1) is 0 Å². The van der Waals surface area contributed by atoms with Crippen LogP contribution >= 0.6 is 0 Å². The Morgan fingerprint density at radius 3 is 2.78 bits per heavy atom. The van der Waals surface area contributed by atoms with Crippen LogP contribution in [0.3, 0.4) is 0 Å². The Labute approximate surface area is 53.3 Å². The van der Waals surface area contributed by atoms with Crippen molar-refractivity contribution in [2.45, 2.75) is 12.7 Å². The van der Waals surface area contributed by atoms with Crippen molar-refractivity contribution in [3.05, 3.63) is 12.2 Å². The smallest absolute Gasteiger partial charge is 0.335 e. The first kappa shape index (κ1) is 6.29. The summed E-state index contributed by atoms with van der Waals surface area (Å²) in [6.07, 6.45) is 0.0972. The molecule has 3 nitrogen and oxygen atoms in total. The average molecular weight is 128 g/mol. The van der Waals surface area contributed by atoms with Gasteiger partial charge >= 0.3 is 5.97 Å². The van der Waals surface area contributed by atoms with E-state index in [1.54, 1.807) is 0 Å². The predicted octanol–water partition coefficient (Wildman–Crippen LogP) is 0.462. The van der Waals surface area contributed by atoms with Gasteiger partial charge in [-0.1, -0.05) is 6.58 Å². The van der Waals surface area contributed by atoms with Gasteiger partial charge in [-0.2, -0.15) is 0 Å². The van der Waals surface area contributed by atoms with Crippen LogP contribution in [-0.2, 0) is 14.3 Å². The second-order valence-corrected chi connectivity index (χ2v) is 1.88. The summed E-state index contributed by atoms with van der Waals surface area (Å²) in [5.74, 6) is -0.346. The second-order valence-electron chi connectivity index (χ2n) is 1.88. The van der Waals surface area contributed by atoms with Gasteiger partial charge in [0.05, 0.1) is 0 Å². The number of hydrogen-bond acceptors (Lipinski definition) is 3. The van der Waals surface area contributed by atoms with Crippen molar-refractivity contribution in [3.63, 3.8) is 0 Å². The van der Waals surface area contributed by atoms with E-state index in [9.17, 15) is 4.79 Å². The van der Waals surface area contributed by atoms with Crippen LogP contribution in [0.15, 0.2) is 12.2 Å². The molecule has 1 heterocycles. The fourth-order valence-electron chi connectivity index (χ4n) is 0.660. The Balaban J connectivity index is 2.54. The molecule has 0 N–H and O–H groups in total. The van der Waals surface area contributed by atoms with E-state index in [4.69, 9.17) is 4.74 Å². The molecular weight excluding hydrogens is 120 g/mol. The zero-order valence-corrected chi connectivity index (χ0v) is 5.22. The molecule has 0 spiro atoms. The highest BCUT2D eigenvalue weighted by Gasteiger charge is 2.26. The molecule has 1 atom stereocenters. The molecule has 1 aliphatic rings. The van der Waals surface area contributed by atoms with Gasteiger partial charge in [0, 0.05) is 19.1 Å². The lowest BCUT2D eigenvalue weighted by molar-refractivity contribution is -0.156. The van der Waals surface area contributed by atoms with Crippen LogP contribution in [0.2, 0.25) is 0 Å². The molecule has 1 aliphatic heterocycles. The Bertz CT molecular complexity index is 134. The Morgan fingerprint density at radius 2 is 2.56 bits per heavy atom. The number of carbonyl (C=O) groups is 1. The molecule has 0 aliphatic carbocycles. The Hall–Kier alpha value is -0.830. The van der Waals surface area contributed by atoms with Crippen molar-refractivity contribution in [1.29, 1.82) is 0 Å². The molecule has 1 unspecified atom stereocenters. The van der Waals surface area contributed by atoms with Crippen molar-refractivity contribution < 1.29 is 14.3 Å². The molecule has 0 amide bonds. The van der Waals surface area contributed by atoms with Gasteiger partial charge in [0.25, 0.3) is 0 Å². The third-order valence-corrected chi connectivity index (χ3v) is 1.20. The minimum absolute atomic E-state index is 0.346. The van der Waals surface area contributed by atoms with E-state index < -0.39 is 6.29 Å². The molecule has 9 heavy (non-hydrogen) atoms. The summed E-state index contributed by atoms with van der Waals surface area (Å²) < 4.78 is 9.41. The van der Waals surface area contributed by atoms with E-state index in [1.165, 1.54) is 7.11 Å². The number of esters is 1. The van der Waals surface area contributed by atoms with E-state index in [2.05, 4.69) is 11.3 Å². The van der Waals surface area contributed by atoms with Gasteiger partial charge in [0.1, 0.15) is 0 Å². The minimum atomic E-state index is -0.398. The highest BCUT2D eigenvalue weighted by Crippen LogP contribution is 2.17. The van der Waals surface area contributed by atoms with Gasteiger partial charge in [-0.05, 0) is 0 Å². The molecule has 0 aromatic rings. The van der Waals surface area contributed by atoms with Gasteiger partial charge in [-0.25, -0.2) is 4.79 Å². The molecule has 0 saturated carbocycles. The molecule has 1 rings (SSSR count). The molecule has 1 saturated heterocycles. The molecule has 0 radical (unpaired) electrons. The average Bonchev–Trinajstić information content (AvgIpc) is 2.13. The van der Waals surface area contributed by atoms with Crippen molar-refractivity contribution in [3.8, 4) is 0 Å². The van der Waals surface area contributed by atoms with Crippen LogP contribution < -0.4 is 0 Å². The maximum absolute atomic E-state index is 10.5. The molecule has 0 aromatic heterocycles. The van der Waals surface area contributed by atoms with E-state index in [0.717, 1.165) is 0 Å². The molecule has 0 aromatic carbocycles. The van der Waals surface area contributed by atoms with E-state index in [-0.39, 0.29) is 5.97 Å². The lowest BCUT2D eigenvalue weighted by Gasteiger charge is -2.02. The highest BCUT2D eigenvalue weighted by atomic mass is 16.7. The molecule has 0 bridgehead atoms. The quantitative estimate of drug-likeness (QED) is 0.380. The van der Waals surface area contributed by atoms with Crippen LogP contribution in [0.5, 0.6) is 0 Å². The van der Waals surface area contributed by atoms with Crippen molar-refractivity contribution in [1.82, 2.24) is 0 Å². The molecule has 50 valence electrons. The largest absolute Gasteiger partial charge is 0.432 e. The fourth-order valence-corrected chi connectivity index (χ4v) is 0.660. The predicted molar refractivity (Wildman–Crippen MR) is 30.6 cm³/mol. The number of ether oxygens (including phenoxy) is 2. The number of rotatable bonds is 1. The second kappa shape index (κ2) is 2.19. The Kier molecular flexibility index (Phi) is 1.53. The van der Waals surface area contributed by atoms with Crippen LogP contribution in [0.4, 0.5) is 0 Å². The van der Waals surface area contributed by atoms with Gasteiger partial charge in [0.15, 0.2) is 0 Å². The minimum Gasteiger partial charge on any atom is -0.432 e. The summed E-state index contributed by atoms with van der Waals surface area (Å²) in [7, 11) is 1.50. The number of cyclic esters (lactones) is 1. The summed E-state index contributed by atoms with van der Waals surface area (Å²) in [5, 5.41) is 0. The third kappa shape index (κ3) is 1.10. The SMILES string of the molecule is C=C1CC(OC)OC1=O. The molecule has 1 fully saturated rings. The summed E-state index contributed by atoms with van der Waals surface area (Å²) in [5.41, 5.74) is 0.488. The molecular formula is C6H8O3. The monoisotopic (exact) mass is 128 g/mol. The van der Waals surface area contributed by atoms with E-state index in [0.29, 0.717) is 12.0 Å². The lowest BCUT2D eigenvalue weighted by atomic mass is 10.2. The first-order valence-electron chi connectivity index (χ1n) is 2.65. The first-order chi connectivity index (χ1) is 4.24. The van der Waals surface area contributed by atoms with Crippen LogP contribution in [0.1, 0.15) is 6.42 Å². The molecule has 3 heteroatoms. The van der Waals surface area contributed by atoms with Crippen LogP contribution in [0.25, 0.3) is 0 Å². The Morgan fingerprint density at radius 1 is 1.89 bits per heavy atom. The first-order valence-corrected chi connectivity index (χ1v) is 2.65. The number of carbonyl (C=O) groups excluding carboxylic acids is 1. The third-order valence-electron chi connectivity index (χ3n) is 1.20. The van der Waals surface area contributed by atoms with E-state index >= 15 is 0 Å². The topological polar surface area (TPSA) is 35.5 Å². The zero-order chi connectivity index (χ0) is 6.85. The van der Waals surface area contributed by atoms with Crippen LogP contribution in [-0.4, -0.2) is 19.4 Å². The zero-order valence-electron chi connectivity index (χ0n) is 5.22. The van der Waals surface area contributed by atoms with E-state index in [1.807, 2.05) is 0 Å². The summed E-state index contributed by atoms with van der Waals surface area (Å²) >= 11 is 0. The standard InChI is InChI=1S/C6H8O3/c1-4-3-5(8-2)9-6(4)7/h5H,1,3H2,2H3. The maximum Gasteiger partial charge on any atom is 0.335 e. The van der Waals surface area contributed by atoms with Gasteiger partial charge in [-0.3, -0.25) is 0 Å². The normalized spacial score (nSPS) is 26.6. The fraction of sp³-hybridized carbons (Fsp3) is 0.500. The van der Waals surface area contributed by atoms with Crippen LogP contribution in [0, 0.1) is 0 Å². The lowest BCUT2D eigenvalue weighted by Crippen LogP contribution is -2.07. The summed E-state index contributed by atoms with van der Waals surface area (Å²) in [6, 6.07) is 0. The summed E-state index contributed by atoms with van der Waals surface area (Å²) in [6.45, 7) is 3.48. The van der Waals surface area contributed by atoms with Crippen molar-refractivity contribution in [2.24, 2.45) is 0 Å². The number of methoxy groups -OCH3 is 1. The number of hydrogen-bond donors (Lipinski definition) is 0.